The molecule has 0 aromatic carbocycles. The summed E-state index contributed by atoms with van der Waals surface area (Å²) >= 11 is 0. The summed E-state index contributed by atoms with van der Waals surface area (Å²) < 4.78 is 4.92. The van der Waals surface area contributed by atoms with Crippen LogP contribution in [0.5, 0.6) is 0 Å². The van der Waals surface area contributed by atoms with Gasteiger partial charge in [-0.3, -0.25) is 0 Å². The quantitative estimate of drug-likeness (QED) is 0.284. The Morgan fingerprint density at radius 1 is 1.50 bits per heavy atom. The summed E-state index contributed by atoms with van der Waals surface area (Å²) in [5.74, 6) is -0.224. The van der Waals surface area contributed by atoms with Crippen LogP contribution in [0.3, 0.4) is 0 Å². The first-order valence-corrected chi connectivity index (χ1v) is 6.96. The average molecular weight is 185 g/mol. The van der Waals surface area contributed by atoms with Gasteiger partial charge in [0.05, 0.1) is 6.61 Å². The second-order valence-corrected chi connectivity index (χ2v) is 5.89. The molecule has 0 N–H and O–H groups in total. The topological polar surface area (TPSA) is 26.3 Å². The fourth-order valence-corrected chi connectivity index (χ4v) is 1.63. The summed E-state index contributed by atoms with van der Waals surface area (Å²) in [6.45, 7) is 6.90. The Labute approximate surface area is 76.2 Å². The standard InChI is InChI=1S/C9H17O2Si/c1-4-6-9(10)11-7-5-8-12(2)3/h4,6H,5,7-8H2,1-3H3. The Morgan fingerprint density at radius 2 is 2.17 bits per heavy atom. The van der Waals surface area contributed by atoms with Crippen LogP contribution in [0.1, 0.15) is 13.3 Å². The lowest BCUT2D eigenvalue weighted by molar-refractivity contribution is -0.137. The van der Waals surface area contributed by atoms with Crippen molar-refractivity contribution in [2.45, 2.75) is 32.5 Å². The summed E-state index contributed by atoms with van der Waals surface area (Å²) in [5.41, 5.74) is 0. The number of allylic oxidation sites excluding steroid dienone is 1. The van der Waals surface area contributed by atoms with Crippen LogP contribution in [-0.2, 0) is 9.53 Å². The van der Waals surface area contributed by atoms with Gasteiger partial charge in [0.1, 0.15) is 0 Å². The molecular formula is C9H17O2Si. The van der Waals surface area contributed by atoms with Crippen LogP contribution in [0.25, 0.3) is 0 Å². The van der Waals surface area contributed by atoms with E-state index in [4.69, 9.17) is 4.74 Å². The summed E-state index contributed by atoms with van der Waals surface area (Å²) in [4.78, 5) is 10.8. The van der Waals surface area contributed by atoms with E-state index < -0.39 is 0 Å². The largest absolute Gasteiger partial charge is 0.463 e. The zero-order valence-electron chi connectivity index (χ0n) is 8.09. The van der Waals surface area contributed by atoms with Gasteiger partial charge in [-0.15, -0.1) is 0 Å². The Bertz CT molecular complexity index is 153. The lowest BCUT2D eigenvalue weighted by Gasteiger charge is -2.02. The number of esters is 1. The molecule has 0 spiro atoms. The van der Waals surface area contributed by atoms with Gasteiger partial charge in [0.15, 0.2) is 0 Å². The first-order valence-electron chi connectivity index (χ1n) is 4.25. The average Bonchev–Trinajstić information content (AvgIpc) is 1.98. The molecule has 0 aromatic rings. The molecule has 0 saturated heterocycles. The van der Waals surface area contributed by atoms with Crippen molar-refractivity contribution in [1.29, 1.82) is 0 Å². The third-order valence-corrected chi connectivity index (χ3v) is 2.72. The maximum Gasteiger partial charge on any atom is 0.330 e. The molecule has 69 valence electrons. The molecule has 0 bridgehead atoms. The molecule has 0 rings (SSSR count). The molecule has 0 aliphatic rings. The highest BCUT2D eigenvalue weighted by molar-refractivity contribution is 6.55. The maximum absolute atomic E-state index is 10.8. The number of rotatable bonds is 5. The smallest absolute Gasteiger partial charge is 0.330 e. The Kier molecular flexibility index (Phi) is 6.76. The van der Waals surface area contributed by atoms with Crippen LogP contribution in [0.15, 0.2) is 12.2 Å². The Hall–Kier alpha value is -0.573. The van der Waals surface area contributed by atoms with Gasteiger partial charge < -0.3 is 4.74 Å². The lowest BCUT2D eigenvalue weighted by Crippen LogP contribution is -2.05. The van der Waals surface area contributed by atoms with Gasteiger partial charge in [0, 0.05) is 14.9 Å². The molecule has 12 heavy (non-hydrogen) atoms. The molecular weight excluding hydrogens is 168 g/mol. The first-order chi connectivity index (χ1) is 5.66. The molecule has 2 nitrogen and oxygen atoms in total. The van der Waals surface area contributed by atoms with Crippen molar-refractivity contribution < 1.29 is 9.53 Å². The second-order valence-electron chi connectivity index (χ2n) is 2.98. The zero-order chi connectivity index (χ0) is 9.40. The molecule has 0 amide bonds. The van der Waals surface area contributed by atoms with E-state index in [1.54, 1.807) is 13.0 Å². The van der Waals surface area contributed by atoms with Gasteiger partial charge >= 0.3 is 5.97 Å². The molecule has 0 atom stereocenters. The van der Waals surface area contributed by atoms with Crippen LogP contribution in [0.2, 0.25) is 19.1 Å². The van der Waals surface area contributed by atoms with Crippen molar-refractivity contribution >= 4 is 14.8 Å². The lowest BCUT2D eigenvalue weighted by atomic mass is 10.5. The predicted octanol–water partition coefficient (Wildman–Crippen LogP) is 2.25. The SMILES string of the molecule is CC=CC(=O)OCCC[Si](C)C. The minimum atomic E-state index is -0.224. The minimum Gasteiger partial charge on any atom is -0.463 e. The van der Waals surface area contributed by atoms with Gasteiger partial charge in [0.2, 0.25) is 0 Å². The minimum absolute atomic E-state index is 0.154. The third kappa shape index (κ3) is 7.53. The number of hydrogen-bond donors (Lipinski definition) is 0. The molecule has 0 aromatic heterocycles. The first kappa shape index (κ1) is 11.4. The molecule has 3 heteroatoms. The van der Waals surface area contributed by atoms with Crippen LogP contribution >= 0.6 is 0 Å². The zero-order valence-corrected chi connectivity index (χ0v) is 9.09. The predicted molar refractivity (Wildman–Crippen MR) is 52.7 cm³/mol. The van der Waals surface area contributed by atoms with E-state index in [0.717, 1.165) is 6.42 Å². The highest BCUT2D eigenvalue weighted by atomic mass is 28.3. The molecule has 0 saturated carbocycles. The monoisotopic (exact) mass is 185 g/mol. The van der Waals surface area contributed by atoms with Gasteiger partial charge in [-0.25, -0.2) is 4.79 Å². The number of carbonyl (C=O) groups is 1. The maximum atomic E-state index is 10.8. The van der Waals surface area contributed by atoms with Crippen LogP contribution in [0, 0.1) is 0 Å². The molecule has 0 heterocycles. The highest BCUT2D eigenvalue weighted by Crippen LogP contribution is 1.97. The third-order valence-electron chi connectivity index (χ3n) is 1.37. The fourth-order valence-electron chi connectivity index (χ4n) is 0.783. The van der Waals surface area contributed by atoms with Gasteiger partial charge in [0.25, 0.3) is 0 Å². The van der Waals surface area contributed by atoms with Crippen molar-refractivity contribution in [3.05, 3.63) is 12.2 Å². The second kappa shape index (κ2) is 7.10. The Balaban J connectivity index is 3.25. The molecule has 0 unspecified atom stereocenters. The number of carbonyl (C=O) groups excluding carboxylic acids is 1. The van der Waals surface area contributed by atoms with E-state index in [-0.39, 0.29) is 14.8 Å². The highest BCUT2D eigenvalue weighted by Gasteiger charge is 1.98. The van der Waals surface area contributed by atoms with Crippen molar-refractivity contribution in [2.75, 3.05) is 6.61 Å². The fraction of sp³-hybridized carbons (Fsp3) is 0.667. The van der Waals surface area contributed by atoms with E-state index in [1.807, 2.05) is 0 Å². The molecule has 1 radical (unpaired) electrons. The summed E-state index contributed by atoms with van der Waals surface area (Å²) in [7, 11) is -0.154. The Morgan fingerprint density at radius 3 is 2.67 bits per heavy atom. The number of hydrogen-bond acceptors (Lipinski definition) is 2. The van der Waals surface area contributed by atoms with E-state index in [2.05, 4.69) is 13.1 Å². The van der Waals surface area contributed by atoms with Gasteiger partial charge in [-0.05, 0) is 13.3 Å². The number of ether oxygens (including phenoxy) is 1. The summed E-state index contributed by atoms with van der Waals surface area (Å²) in [6, 6.07) is 1.22. The molecule has 0 fully saturated rings. The normalized spacial score (nSPS) is 11.0. The van der Waals surface area contributed by atoms with Crippen LogP contribution < -0.4 is 0 Å². The van der Waals surface area contributed by atoms with Crippen molar-refractivity contribution in [3.8, 4) is 0 Å². The van der Waals surface area contributed by atoms with Gasteiger partial charge in [-0.2, -0.15) is 0 Å². The van der Waals surface area contributed by atoms with E-state index >= 15 is 0 Å². The van der Waals surface area contributed by atoms with E-state index in [9.17, 15) is 4.79 Å². The van der Waals surface area contributed by atoms with Crippen LogP contribution in [-0.4, -0.2) is 21.4 Å². The van der Waals surface area contributed by atoms with Crippen LogP contribution in [0.4, 0.5) is 0 Å². The summed E-state index contributed by atoms with van der Waals surface area (Å²) in [6.07, 6.45) is 4.14. The van der Waals surface area contributed by atoms with E-state index in [0.29, 0.717) is 6.61 Å². The molecule has 0 aliphatic heterocycles. The summed E-state index contributed by atoms with van der Waals surface area (Å²) in [5, 5.41) is 0. The molecule has 0 aliphatic carbocycles. The van der Waals surface area contributed by atoms with E-state index in [1.165, 1.54) is 12.1 Å². The van der Waals surface area contributed by atoms with Crippen molar-refractivity contribution in [3.63, 3.8) is 0 Å². The van der Waals surface area contributed by atoms with Crippen molar-refractivity contribution in [1.82, 2.24) is 0 Å². The van der Waals surface area contributed by atoms with Gasteiger partial charge in [-0.1, -0.05) is 25.2 Å². The van der Waals surface area contributed by atoms with Crippen molar-refractivity contribution in [2.24, 2.45) is 0 Å².